The van der Waals surface area contributed by atoms with E-state index in [9.17, 15) is 9.59 Å². The Morgan fingerprint density at radius 3 is 2.95 bits per heavy atom. The minimum absolute atomic E-state index is 0.279. The number of carbonyl (C=O) groups excluding carboxylic acids is 2. The number of fused-ring (bicyclic) bond motifs is 1. The van der Waals surface area contributed by atoms with Crippen molar-refractivity contribution in [2.75, 3.05) is 18.8 Å². The standard InChI is InChI=1S/C12H16N2O4S/c1-4-18-12(16)13-7-9-5-6-19-11(9)14(17-3)10(15)8(13)2/h5-6,8H,4,7H2,1-3H3/t8-/m0/s1. The summed E-state index contributed by atoms with van der Waals surface area (Å²) < 4.78 is 4.99. The maximum atomic E-state index is 12.3. The Labute approximate surface area is 115 Å². The van der Waals surface area contributed by atoms with Crippen LogP contribution in [0.15, 0.2) is 11.4 Å². The number of anilines is 1. The van der Waals surface area contributed by atoms with Crippen LogP contribution in [0.3, 0.4) is 0 Å². The highest BCUT2D eigenvalue weighted by Gasteiger charge is 2.36. The van der Waals surface area contributed by atoms with Crippen molar-refractivity contribution in [3.63, 3.8) is 0 Å². The normalized spacial score (nSPS) is 19.1. The molecule has 2 heterocycles. The van der Waals surface area contributed by atoms with E-state index in [0.717, 1.165) is 5.56 Å². The first kappa shape index (κ1) is 13.8. The van der Waals surface area contributed by atoms with Crippen LogP contribution in [0.5, 0.6) is 0 Å². The van der Waals surface area contributed by atoms with Crippen molar-refractivity contribution in [1.82, 2.24) is 4.90 Å². The van der Waals surface area contributed by atoms with Gasteiger partial charge >= 0.3 is 6.09 Å². The van der Waals surface area contributed by atoms with Gasteiger partial charge in [0, 0.05) is 5.56 Å². The van der Waals surface area contributed by atoms with Crippen LogP contribution in [0.4, 0.5) is 9.80 Å². The Balaban J connectivity index is 2.36. The van der Waals surface area contributed by atoms with Crippen molar-refractivity contribution in [2.24, 2.45) is 0 Å². The number of nitrogens with zero attached hydrogens (tertiary/aromatic N) is 2. The molecule has 0 spiro atoms. The lowest BCUT2D eigenvalue weighted by Gasteiger charge is -2.26. The molecule has 0 N–H and O–H groups in total. The van der Waals surface area contributed by atoms with Crippen LogP contribution in [0.1, 0.15) is 19.4 Å². The SMILES string of the molecule is CCOC(=O)N1Cc2ccsc2N(OC)C(=O)[C@@H]1C. The number of hydroxylamine groups is 1. The van der Waals surface area contributed by atoms with E-state index < -0.39 is 12.1 Å². The summed E-state index contributed by atoms with van der Waals surface area (Å²) in [5, 5.41) is 3.82. The number of amides is 2. The van der Waals surface area contributed by atoms with E-state index in [1.165, 1.54) is 28.4 Å². The molecule has 0 fully saturated rings. The lowest BCUT2D eigenvalue weighted by Crippen LogP contribution is -2.46. The van der Waals surface area contributed by atoms with Gasteiger partial charge in [-0.15, -0.1) is 11.3 Å². The van der Waals surface area contributed by atoms with Crippen LogP contribution in [-0.4, -0.2) is 36.7 Å². The monoisotopic (exact) mass is 284 g/mol. The van der Waals surface area contributed by atoms with E-state index >= 15 is 0 Å². The van der Waals surface area contributed by atoms with Crippen LogP contribution in [0.2, 0.25) is 0 Å². The lowest BCUT2D eigenvalue weighted by molar-refractivity contribution is -0.128. The fourth-order valence-electron chi connectivity index (χ4n) is 1.95. The number of thiophene rings is 1. The maximum absolute atomic E-state index is 12.3. The summed E-state index contributed by atoms with van der Waals surface area (Å²) in [4.78, 5) is 30.8. The third-order valence-corrected chi connectivity index (χ3v) is 3.88. The van der Waals surface area contributed by atoms with Gasteiger partial charge in [-0.05, 0) is 25.3 Å². The fraction of sp³-hybridized carbons (Fsp3) is 0.500. The highest BCUT2D eigenvalue weighted by Crippen LogP contribution is 2.33. The van der Waals surface area contributed by atoms with E-state index in [1.807, 2.05) is 11.4 Å². The van der Waals surface area contributed by atoms with Gasteiger partial charge in [-0.25, -0.2) is 4.79 Å². The second-order valence-corrected chi connectivity index (χ2v) is 4.96. The molecule has 0 bridgehead atoms. The first-order valence-electron chi connectivity index (χ1n) is 5.98. The summed E-state index contributed by atoms with van der Waals surface area (Å²) in [5.41, 5.74) is 0.873. The average molecular weight is 284 g/mol. The predicted molar refractivity (Wildman–Crippen MR) is 70.8 cm³/mol. The molecular formula is C12H16N2O4S. The molecule has 2 amide bonds. The maximum Gasteiger partial charge on any atom is 0.410 e. The Kier molecular flexibility index (Phi) is 4.06. The molecular weight excluding hydrogens is 268 g/mol. The summed E-state index contributed by atoms with van der Waals surface area (Å²) in [7, 11) is 1.44. The Bertz CT molecular complexity index is 488. The highest BCUT2D eigenvalue weighted by molar-refractivity contribution is 7.14. The Hall–Kier alpha value is -1.60. The molecule has 0 saturated carbocycles. The zero-order valence-electron chi connectivity index (χ0n) is 11.1. The Morgan fingerprint density at radius 1 is 1.58 bits per heavy atom. The van der Waals surface area contributed by atoms with Crippen molar-refractivity contribution in [2.45, 2.75) is 26.4 Å². The van der Waals surface area contributed by atoms with Gasteiger partial charge in [-0.1, -0.05) is 0 Å². The number of hydrogen-bond acceptors (Lipinski definition) is 5. The Morgan fingerprint density at radius 2 is 2.32 bits per heavy atom. The minimum atomic E-state index is -0.626. The summed E-state index contributed by atoms with van der Waals surface area (Å²) in [6, 6.07) is 1.25. The minimum Gasteiger partial charge on any atom is -0.450 e. The largest absolute Gasteiger partial charge is 0.450 e. The van der Waals surface area contributed by atoms with E-state index in [0.29, 0.717) is 11.5 Å². The molecule has 19 heavy (non-hydrogen) atoms. The summed E-state index contributed by atoms with van der Waals surface area (Å²) in [5.74, 6) is -0.281. The molecule has 0 aliphatic carbocycles. The topological polar surface area (TPSA) is 59.1 Å². The highest BCUT2D eigenvalue weighted by atomic mass is 32.1. The molecule has 1 aliphatic heterocycles. The van der Waals surface area contributed by atoms with Gasteiger partial charge < -0.3 is 4.74 Å². The molecule has 1 aromatic rings. The fourth-order valence-corrected chi connectivity index (χ4v) is 2.86. The van der Waals surface area contributed by atoms with Gasteiger partial charge in [-0.3, -0.25) is 14.5 Å². The van der Waals surface area contributed by atoms with Gasteiger partial charge in [0.1, 0.15) is 11.0 Å². The number of carbonyl (C=O) groups is 2. The van der Waals surface area contributed by atoms with Gasteiger partial charge in [-0.2, -0.15) is 5.06 Å². The van der Waals surface area contributed by atoms with Crippen LogP contribution in [-0.2, 0) is 20.9 Å². The third-order valence-electron chi connectivity index (χ3n) is 2.96. The molecule has 0 saturated heterocycles. The third kappa shape index (κ3) is 2.43. The molecule has 104 valence electrons. The van der Waals surface area contributed by atoms with Crippen LogP contribution >= 0.6 is 11.3 Å². The zero-order chi connectivity index (χ0) is 14.0. The summed E-state index contributed by atoms with van der Waals surface area (Å²) >= 11 is 1.41. The lowest BCUT2D eigenvalue weighted by atomic mass is 10.2. The molecule has 0 unspecified atom stereocenters. The first-order chi connectivity index (χ1) is 9.10. The van der Waals surface area contributed by atoms with Gasteiger partial charge in [0.2, 0.25) is 0 Å². The van der Waals surface area contributed by atoms with Gasteiger partial charge in [0.25, 0.3) is 5.91 Å². The molecule has 7 heteroatoms. The summed E-state index contributed by atoms with van der Waals surface area (Å²) in [6.07, 6.45) is -0.488. The molecule has 1 aliphatic rings. The van der Waals surface area contributed by atoms with E-state index in [4.69, 9.17) is 9.57 Å². The average Bonchev–Trinajstić information content (AvgIpc) is 2.80. The molecule has 2 rings (SSSR count). The molecule has 6 nitrogen and oxygen atoms in total. The smallest absolute Gasteiger partial charge is 0.410 e. The van der Waals surface area contributed by atoms with Crippen LogP contribution in [0.25, 0.3) is 0 Å². The number of hydrogen-bond donors (Lipinski definition) is 0. The van der Waals surface area contributed by atoms with Crippen molar-refractivity contribution in [1.29, 1.82) is 0 Å². The second-order valence-electron chi connectivity index (χ2n) is 4.07. The summed E-state index contributed by atoms with van der Waals surface area (Å²) in [6.45, 7) is 4.02. The van der Waals surface area contributed by atoms with E-state index in [2.05, 4.69) is 0 Å². The van der Waals surface area contributed by atoms with Crippen LogP contribution in [0, 0.1) is 0 Å². The molecule has 1 aromatic heterocycles. The quantitative estimate of drug-likeness (QED) is 0.833. The van der Waals surface area contributed by atoms with E-state index in [-0.39, 0.29) is 12.5 Å². The molecule has 0 radical (unpaired) electrons. The first-order valence-corrected chi connectivity index (χ1v) is 6.86. The number of ether oxygens (including phenoxy) is 1. The number of rotatable bonds is 2. The predicted octanol–water partition coefficient (Wildman–Crippen LogP) is 2.00. The molecule has 0 aromatic carbocycles. The van der Waals surface area contributed by atoms with Crippen molar-refractivity contribution in [3.8, 4) is 0 Å². The van der Waals surface area contributed by atoms with E-state index in [1.54, 1.807) is 13.8 Å². The zero-order valence-corrected chi connectivity index (χ0v) is 11.9. The second kappa shape index (κ2) is 5.58. The molecule has 1 atom stereocenters. The van der Waals surface area contributed by atoms with Gasteiger partial charge in [0.15, 0.2) is 0 Å². The van der Waals surface area contributed by atoms with Gasteiger partial charge in [0.05, 0.1) is 20.3 Å². The van der Waals surface area contributed by atoms with Crippen LogP contribution < -0.4 is 5.06 Å². The van der Waals surface area contributed by atoms with Crippen molar-refractivity contribution in [3.05, 3.63) is 17.0 Å². The van der Waals surface area contributed by atoms with Crippen molar-refractivity contribution >= 4 is 28.3 Å². The van der Waals surface area contributed by atoms with Crippen molar-refractivity contribution < 1.29 is 19.2 Å².